The van der Waals surface area contributed by atoms with E-state index in [9.17, 15) is 14.9 Å². The summed E-state index contributed by atoms with van der Waals surface area (Å²) < 4.78 is 5.05. The lowest BCUT2D eigenvalue weighted by molar-refractivity contribution is -0.384. The third kappa shape index (κ3) is 3.95. The lowest BCUT2D eigenvalue weighted by Gasteiger charge is -2.08. The van der Waals surface area contributed by atoms with Gasteiger partial charge in [0.05, 0.1) is 12.0 Å². The first kappa shape index (κ1) is 16.2. The Morgan fingerprint density at radius 1 is 1.26 bits per heavy atom. The van der Waals surface area contributed by atoms with Gasteiger partial charge in [-0.3, -0.25) is 20.8 Å². The van der Waals surface area contributed by atoms with Crippen LogP contribution in [0, 0.1) is 10.1 Å². The second-order valence-corrected chi connectivity index (χ2v) is 4.66. The molecule has 8 heteroatoms. The van der Waals surface area contributed by atoms with Crippen molar-refractivity contribution >= 4 is 17.3 Å². The molecule has 0 aromatic heterocycles. The molecule has 1 amide bonds. The van der Waals surface area contributed by atoms with Crippen LogP contribution in [0.5, 0.6) is 5.75 Å². The molecule has 0 atom stereocenters. The number of carbonyl (C=O) groups excluding carboxylic acids is 1. The van der Waals surface area contributed by atoms with Gasteiger partial charge in [-0.2, -0.15) is 0 Å². The normalized spacial score (nSPS) is 10.0. The van der Waals surface area contributed by atoms with Gasteiger partial charge in [0, 0.05) is 18.2 Å². The predicted octanol–water partition coefficient (Wildman–Crippen LogP) is 1.82. The van der Waals surface area contributed by atoms with Crippen LogP contribution in [-0.2, 0) is 6.54 Å². The number of hydrogen-bond donors (Lipinski definition) is 3. The Morgan fingerprint density at radius 2 is 1.96 bits per heavy atom. The van der Waals surface area contributed by atoms with E-state index >= 15 is 0 Å². The van der Waals surface area contributed by atoms with Crippen LogP contribution in [0.1, 0.15) is 15.9 Å². The van der Waals surface area contributed by atoms with E-state index in [1.807, 2.05) is 12.1 Å². The number of nitro benzene ring substituents is 1. The number of amides is 1. The molecule has 0 unspecified atom stereocenters. The first-order chi connectivity index (χ1) is 11.0. The second kappa shape index (κ2) is 7.23. The fraction of sp³-hybridized carbons (Fsp3) is 0.133. The topological polar surface area (TPSA) is 120 Å². The molecule has 2 aromatic carbocycles. The minimum absolute atomic E-state index is 0.140. The SMILES string of the molecule is COc1ccc(CNC(=O)c2ccc(NN)c([N+](=O)[O-])c2)cc1. The highest BCUT2D eigenvalue weighted by Crippen LogP contribution is 2.24. The Labute approximate surface area is 132 Å². The Morgan fingerprint density at radius 3 is 2.52 bits per heavy atom. The van der Waals surface area contributed by atoms with E-state index in [1.54, 1.807) is 19.2 Å². The van der Waals surface area contributed by atoms with Crippen molar-refractivity contribution in [1.82, 2.24) is 5.32 Å². The number of ether oxygens (including phenoxy) is 1. The zero-order chi connectivity index (χ0) is 16.8. The number of methoxy groups -OCH3 is 1. The molecule has 2 rings (SSSR count). The highest BCUT2D eigenvalue weighted by Gasteiger charge is 2.16. The van der Waals surface area contributed by atoms with E-state index in [0.29, 0.717) is 6.54 Å². The number of nitro groups is 1. The Balaban J connectivity index is 2.08. The molecule has 0 aliphatic heterocycles. The van der Waals surface area contributed by atoms with Gasteiger partial charge >= 0.3 is 0 Å². The summed E-state index contributed by atoms with van der Waals surface area (Å²) in [6.07, 6.45) is 0. The van der Waals surface area contributed by atoms with Crippen molar-refractivity contribution in [2.75, 3.05) is 12.5 Å². The van der Waals surface area contributed by atoms with E-state index < -0.39 is 10.8 Å². The van der Waals surface area contributed by atoms with Crippen LogP contribution in [0.3, 0.4) is 0 Å². The molecule has 0 aliphatic rings. The van der Waals surface area contributed by atoms with Gasteiger partial charge in [0.1, 0.15) is 11.4 Å². The number of nitrogens with one attached hydrogen (secondary N) is 2. The lowest BCUT2D eigenvalue weighted by Crippen LogP contribution is -2.23. The van der Waals surface area contributed by atoms with Gasteiger partial charge in [0.25, 0.3) is 11.6 Å². The minimum Gasteiger partial charge on any atom is -0.497 e. The Bertz CT molecular complexity index is 716. The molecule has 8 nitrogen and oxygen atoms in total. The van der Waals surface area contributed by atoms with Crippen molar-refractivity contribution in [3.8, 4) is 5.75 Å². The first-order valence-corrected chi connectivity index (χ1v) is 6.71. The first-order valence-electron chi connectivity index (χ1n) is 6.71. The summed E-state index contributed by atoms with van der Waals surface area (Å²) in [5.41, 5.74) is 3.18. The fourth-order valence-corrected chi connectivity index (χ4v) is 1.97. The average molecular weight is 316 g/mol. The van der Waals surface area contributed by atoms with Crippen molar-refractivity contribution in [2.45, 2.75) is 6.54 Å². The zero-order valence-corrected chi connectivity index (χ0v) is 12.4. The summed E-state index contributed by atoms with van der Waals surface area (Å²) >= 11 is 0. The standard InChI is InChI=1S/C15H16N4O4/c1-23-12-5-2-10(3-6-12)9-17-15(20)11-4-7-13(18-16)14(8-11)19(21)22/h2-8,18H,9,16H2,1H3,(H,17,20). The monoisotopic (exact) mass is 316 g/mol. The van der Waals surface area contributed by atoms with Gasteiger partial charge in [0.2, 0.25) is 0 Å². The molecule has 120 valence electrons. The second-order valence-electron chi connectivity index (χ2n) is 4.66. The largest absolute Gasteiger partial charge is 0.497 e. The number of hydrazine groups is 1. The predicted molar refractivity (Wildman–Crippen MR) is 85.1 cm³/mol. The highest BCUT2D eigenvalue weighted by molar-refractivity contribution is 5.95. The molecule has 0 bridgehead atoms. The highest BCUT2D eigenvalue weighted by atomic mass is 16.6. The van der Waals surface area contributed by atoms with E-state index in [0.717, 1.165) is 11.3 Å². The van der Waals surface area contributed by atoms with Gasteiger partial charge < -0.3 is 15.5 Å². The van der Waals surface area contributed by atoms with Gasteiger partial charge in [0.15, 0.2) is 0 Å². The number of rotatable bonds is 6. The van der Waals surface area contributed by atoms with Gasteiger partial charge in [-0.15, -0.1) is 0 Å². The number of nitrogen functional groups attached to an aromatic ring is 1. The summed E-state index contributed by atoms with van der Waals surface area (Å²) in [6.45, 7) is 0.299. The minimum atomic E-state index is -0.602. The maximum absolute atomic E-state index is 12.1. The number of carbonyl (C=O) groups is 1. The third-order valence-corrected chi connectivity index (χ3v) is 3.22. The summed E-state index contributed by atoms with van der Waals surface area (Å²) in [7, 11) is 1.57. The quantitative estimate of drug-likeness (QED) is 0.425. The fourth-order valence-electron chi connectivity index (χ4n) is 1.97. The maximum Gasteiger partial charge on any atom is 0.294 e. The van der Waals surface area contributed by atoms with Gasteiger partial charge in [-0.25, -0.2) is 0 Å². The molecule has 4 N–H and O–H groups in total. The number of benzene rings is 2. The molecule has 0 heterocycles. The van der Waals surface area contributed by atoms with Gasteiger partial charge in [-0.05, 0) is 29.8 Å². The molecule has 23 heavy (non-hydrogen) atoms. The molecule has 0 fully saturated rings. The zero-order valence-electron chi connectivity index (χ0n) is 12.4. The molecule has 0 saturated heterocycles. The van der Waals surface area contributed by atoms with Crippen molar-refractivity contribution in [2.24, 2.45) is 5.84 Å². The van der Waals surface area contributed by atoms with Crippen molar-refractivity contribution in [1.29, 1.82) is 0 Å². The lowest BCUT2D eigenvalue weighted by atomic mass is 10.1. The van der Waals surface area contributed by atoms with E-state index in [1.165, 1.54) is 18.2 Å². The van der Waals surface area contributed by atoms with E-state index in [4.69, 9.17) is 10.6 Å². The smallest absolute Gasteiger partial charge is 0.294 e. The van der Waals surface area contributed by atoms with Crippen LogP contribution in [-0.4, -0.2) is 17.9 Å². The van der Waals surface area contributed by atoms with Crippen LogP contribution in [0.25, 0.3) is 0 Å². The number of anilines is 1. The summed E-state index contributed by atoms with van der Waals surface area (Å²) in [5, 5.41) is 13.7. The molecule has 0 saturated carbocycles. The molecular weight excluding hydrogens is 300 g/mol. The van der Waals surface area contributed by atoms with Crippen molar-refractivity contribution in [3.05, 3.63) is 63.7 Å². The van der Waals surface area contributed by atoms with E-state index in [-0.39, 0.29) is 16.9 Å². The third-order valence-electron chi connectivity index (χ3n) is 3.22. The van der Waals surface area contributed by atoms with Crippen LogP contribution in [0.2, 0.25) is 0 Å². The van der Waals surface area contributed by atoms with Crippen LogP contribution in [0.4, 0.5) is 11.4 Å². The van der Waals surface area contributed by atoms with Crippen LogP contribution >= 0.6 is 0 Å². The van der Waals surface area contributed by atoms with Crippen molar-refractivity contribution in [3.63, 3.8) is 0 Å². The Kier molecular flexibility index (Phi) is 5.11. The molecular formula is C15H16N4O4. The number of hydrogen-bond acceptors (Lipinski definition) is 6. The average Bonchev–Trinajstić information content (AvgIpc) is 2.59. The summed E-state index contributed by atoms with van der Waals surface area (Å²) in [6, 6.07) is 11.2. The number of nitrogens with two attached hydrogens (primary N) is 1. The summed E-state index contributed by atoms with van der Waals surface area (Å²) in [4.78, 5) is 22.5. The maximum atomic E-state index is 12.1. The number of nitrogens with zero attached hydrogens (tertiary/aromatic N) is 1. The Hall–Kier alpha value is -3.13. The molecule has 0 spiro atoms. The van der Waals surface area contributed by atoms with Gasteiger partial charge in [-0.1, -0.05) is 12.1 Å². The summed E-state index contributed by atoms with van der Waals surface area (Å²) in [5.74, 6) is 5.52. The molecule has 0 radical (unpaired) electrons. The van der Waals surface area contributed by atoms with Crippen molar-refractivity contribution < 1.29 is 14.5 Å². The molecule has 0 aliphatic carbocycles. The van der Waals surface area contributed by atoms with E-state index in [2.05, 4.69) is 10.7 Å². The van der Waals surface area contributed by atoms with Crippen LogP contribution in [0.15, 0.2) is 42.5 Å². The van der Waals surface area contributed by atoms with Crippen LogP contribution < -0.4 is 21.3 Å². The molecule has 2 aromatic rings.